The average Bonchev–Trinajstić information content (AvgIpc) is 3.20. The normalized spacial score (nSPS) is 14.2. The van der Waals surface area contributed by atoms with Crippen molar-refractivity contribution in [3.63, 3.8) is 0 Å². The van der Waals surface area contributed by atoms with Gasteiger partial charge in [-0.1, -0.05) is 66.2 Å². The molecule has 0 atom stereocenters. The summed E-state index contributed by atoms with van der Waals surface area (Å²) >= 11 is 7.45. The Kier molecular flexibility index (Phi) is 8.09. The number of hydrogen-bond donors (Lipinski definition) is 1. The lowest BCUT2D eigenvalue weighted by Crippen LogP contribution is -2.27. The standard InChI is InChI=1S/C31H24ClNO6S/c1-2-38-26-15-20(14-25(32)28(26)39-18-19-10-12-22(13-11-19)30(35)36)16-27-29(34)33(31(37)40-27)17-23-8-5-7-21-6-3-4-9-24(21)23/h3-16H,2,17-18H2,1H3,(H,35,36)/b27-16+. The highest BCUT2D eigenvalue weighted by atomic mass is 35.5. The zero-order chi connectivity index (χ0) is 28.2. The van der Waals surface area contributed by atoms with Crippen LogP contribution >= 0.6 is 23.4 Å². The fourth-order valence-corrected chi connectivity index (χ4v) is 5.47. The third-order valence-corrected chi connectivity index (χ3v) is 7.48. The lowest BCUT2D eigenvalue weighted by atomic mass is 10.0. The van der Waals surface area contributed by atoms with Crippen LogP contribution in [-0.2, 0) is 17.9 Å². The molecule has 0 bridgehead atoms. The molecule has 0 aliphatic carbocycles. The van der Waals surface area contributed by atoms with E-state index >= 15 is 0 Å². The van der Waals surface area contributed by atoms with Crippen LogP contribution in [0, 0.1) is 0 Å². The number of carboxylic acid groups (broad SMARTS) is 1. The van der Waals surface area contributed by atoms with E-state index in [1.165, 1.54) is 17.0 Å². The summed E-state index contributed by atoms with van der Waals surface area (Å²) in [7, 11) is 0. The number of thioether (sulfide) groups is 1. The van der Waals surface area contributed by atoms with E-state index in [0.29, 0.717) is 23.7 Å². The van der Waals surface area contributed by atoms with Crippen molar-refractivity contribution in [2.75, 3.05) is 6.61 Å². The molecule has 4 aromatic carbocycles. The number of ether oxygens (including phenoxy) is 2. The van der Waals surface area contributed by atoms with Gasteiger partial charge >= 0.3 is 5.97 Å². The van der Waals surface area contributed by atoms with Crippen LogP contribution in [0.1, 0.15) is 34.0 Å². The molecule has 202 valence electrons. The van der Waals surface area contributed by atoms with Crippen molar-refractivity contribution in [1.29, 1.82) is 0 Å². The van der Waals surface area contributed by atoms with Gasteiger partial charge in [-0.2, -0.15) is 0 Å². The Hall–Kier alpha value is -4.27. The number of hydrogen-bond acceptors (Lipinski definition) is 6. The summed E-state index contributed by atoms with van der Waals surface area (Å²) in [6.45, 7) is 2.50. The number of nitrogens with zero attached hydrogens (tertiary/aromatic N) is 1. The van der Waals surface area contributed by atoms with Gasteiger partial charge in [-0.05, 0) is 76.5 Å². The Balaban J connectivity index is 1.36. The maximum absolute atomic E-state index is 13.2. The number of carbonyl (C=O) groups excluding carboxylic acids is 2. The Morgan fingerprint density at radius 1 is 1.00 bits per heavy atom. The van der Waals surface area contributed by atoms with Gasteiger partial charge in [0, 0.05) is 0 Å². The van der Waals surface area contributed by atoms with Crippen molar-refractivity contribution in [3.05, 3.63) is 111 Å². The average molecular weight is 574 g/mol. The second-order valence-electron chi connectivity index (χ2n) is 8.96. The molecule has 1 saturated heterocycles. The number of fused-ring (bicyclic) bond motifs is 1. The molecular weight excluding hydrogens is 550 g/mol. The fraction of sp³-hybridized carbons (Fsp3) is 0.129. The van der Waals surface area contributed by atoms with Gasteiger partial charge in [-0.15, -0.1) is 0 Å². The van der Waals surface area contributed by atoms with E-state index in [4.69, 9.17) is 26.2 Å². The quantitative estimate of drug-likeness (QED) is 0.208. The van der Waals surface area contributed by atoms with Crippen LogP contribution in [0.5, 0.6) is 11.5 Å². The molecule has 0 spiro atoms. The summed E-state index contributed by atoms with van der Waals surface area (Å²) in [5.41, 5.74) is 2.42. The van der Waals surface area contributed by atoms with Gasteiger partial charge in [0.1, 0.15) is 6.61 Å². The van der Waals surface area contributed by atoms with E-state index in [1.54, 1.807) is 30.3 Å². The highest BCUT2D eigenvalue weighted by Gasteiger charge is 2.35. The van der Waals surface area contributed by atoms with E-state index in [0.717, 1.165) is 33.7 Å². The van der Waals surface area contributed by atoms with Crippen molar-refractivity contribution in [3.8, 4) is 11.5 Å². The maximum atomic E-state index is 13.2. The van der Waals surface area contributed by atoms with E-state index < -0.39 is 5.97 Å². The Morgan fingerprint density at radius 2 is 1.75 bits per heavy atom. The largest absolute Gasteiger partial charge is 0.490 e. The minimum atomic E-state index is -1.00. The molecule has 2 amide bonds. The van der Waals surface area contributed by atoms with Gasteiger partial charge in [0.25, 0.3) is 11.1 Å². The van der Waals surface area contributed by atoms with Crippen molar-refractivity contribution in [2.45, 2.75) is 20.1 Å². The van der Waals surface area contributed by atoms with Crippen LogP contribution in [0.2, 0.25) is 5.02 Å². The molecular formula is C31H24ClNO6S. The minimum absolute atomic E-state index is 0.145. The van der Waals surface area contributed by atoms with E-state index in [1.807, 2.05) is 49.4 Å². The molecule has 1 N–H and O–H groups in total. The third kappa shape index (κ3) is 5.83. The molecule has 0 saturated carbocycles. The van der Waals surface area contributed by atoms with E-state index in [-0.39, 0.29) is 39.8 Å². The van der Waals surface area contributed by atoms with E-state index in [9.17, 15) is 14.4 Å². The lowest BCUT2D eigenvalue weighted by Gasteiger charge is -2.15. The molecule has 1 aliphatic rings. The number of carboxylic acids is 1. The van der Waals surface area contributed by atoms with Gasteiger partial charge in [0.2, 0.25) is 0 Å². The summed E-state index contributed by atoms with van der Waals surface area (Å²) in [5.74, 6) is -0.663. The second kappa shape index (κ2) is 11.9. The van der Waals surface area contributed by atoms with Gasteiger partial charge in [0.15, 0.2) is 11.5 Å². The summed E-state index contributed by atoms with van der Waals surface area (Å²) in [4.78, 5) is 38.7. The molecule has 7 nitrogen and oxygen atoms in total. The lowest BCUT2D eigenvalue weighted by molar-refractivity contribution is -0.123. The molecule has 5 rings (SSSR count). The van der Waals surface area contributed by atoms with E-state index in [2.05, 4.69) is 0 Å². The molecule has 4 aromatic rings. The van der Waals surface area contributed by atoms with Crippen LogP contribution in [0.15, 0.2) is 83.8 Å². The second-order valence-corrected chi connectivity index (χ2v) is 10.4. The highest BCUT2D eigenvalue weighted by Crippen LogP contribution is 2.40. The minimum Gasteiger partial charge on any atom is -0.490 e. The topological polar surface area (TPSA) is 93.1 Å². The number of imide groups is 1. The molecule has 40 heavy (non-hydrogen) atoms. The van der Waals surface area contributed by atoms with Crippen LogP contribution in [0.3, 0.4) is 0 Å². The molecule has 9 heteroatoms. The number of rotatable bonds is 9. The number of aromatic carboxylic acids is 1. The zero-order valence-electron chi connectivity index (χ0n) is 21.4. The third-order valence-electron chi connectivity index (χ3n) is 6.30. The zero-order valence-corrected chi connectivity index (χ0v) is 23.0. The van der Waals surface area contributed by atoms with Gasteiger partial charge in [0.05, 0.1) is 28.6 Å². The summed E-state index contributed by atoms with van der Waals surface area (Å²) < 4.78 is 11.7. The molecule has 1 fully saturated rings. The monoisotopic (exact) mass is 573 g/mol. The molecule has 0 unspecified atom stereocenters. The molecule has 1 aliphatic heterocycles. The number of halogens is 1. The molecule has 0 radical (unpaired) electrons. The first-order valence-corrected chi connectivity index (χ1v) is 13.7. The molecule has 0 aromatic heterocycles. The predicted molar refractivity (Wildman–Crippen MR) is 156 cm³/mol. The maximum Gasteiger partial charge on any atom is 0.335 e. The van der Waals surface area contributed by atoms with Crippen molar-refractivity contribution < 1.29 is 29.0 Å². The van der Waals surface area contributed by atoms with Crippen molar-refractivity contribution >= 4 is 57.3 Å². The first kappa shape index (κ1) is 27.3. The van der Waals surface area contributed by atoms with Gasteiger partial charge < -0.3 is 14.6 Å². The van der Waals surface area contributed by atoms with Crippen LogP contribution < -0.4 is 9.47 Å². The predicted octanol–water partition coefficient (Wildman–Crippen LogP) is 7.41. The fourth-order valence-electron chi connectivity index (χ4n) is 4.36. The van der Waals surface area contributed by atoms with Crippen molar-refractivity contribution in [2.24, 2.45) is 0 Å². The van der Waals surface area contributed by atoms with Crippen LogP contribution in [-0.4, -0.2) is 33.7 Å². The first-order valence-electron chi connectivity index (χ1n) is 12.5. The number of amides is 2. The van der Waals surface area contributed by atoms with Crippen molar-refractivity contribution in [1.82, 2.24) is 4.90 Å². The number of benzene rings is 4. The first-order chi connectivity index (χ1) is 19.3. The SMILES string of the molecule is CCOc1cc(/C=C2/SC(=O)N(Cc3cccc4ccccc34)C2=O)cc(Cl)c1OCc1ccc(C(=O)O)cc1. The summed E-state index contributed by atoms with van der Waals surface area (Å²) in [5, 5.41) is 11.1. The Bertz CT molecular complexity index is 1640. The van der Waals surface area contributed by atoms with Crippen LogP contribution in [0.4, 0.5) is 4.79 Å². The summed E-state index contributed by atoms with van der Waals surface area (Å²) in [6, 6.07) is 23.4. The van der Waals surface area contributed by atoms with Gasteiger partial charge in [-0.3, -0.25) is 14.5 Å². The number of carbonyl (C=O) groups is 3. The highest BCUT2D eigenvalue weighted by molar-refractivity contribution is 8.18. The van der Waals surface area contributed by atoms with Crippen LogP contribution in [0.25, 0.3) is 16.8 Å². The summed E-state index contributed by atoms with van der Waals surface area (Å²) in [6.07, 6.45) is 1.62. The van der Waals surface area contributed by atoms with Gasteiger partial charge in [-0.25, -0.2) is 4.79 Å². The Labute approximate surface area is 240 Å². The smallest absolute Gasteiger partial charge is 0.335 e. The molecule has 1 heterocycles. The Morgan fingerprint density at radius 3 is 2.50 bits per heavy atom.